The molecule has 0 bridgehead atoms. The minimum atomic E-state index is -4.62. The molecular weight excluding hydrogens is 1050 g/mol. The summed E-state index contributed by atoms with van der Waals surface area (Å²) in [7, 11) is -9.24. The van der Waals surface area contributed by atoms with E-state index < -0.39 is 32.9 Å². The smallest absolute Gasteiger partial charge is 0.731 e. The third-order valence-electron chi connectivity index (χ3n) is 16.1. The Labute approximate surface area is 512 Å². The van der Waals surface area contributed by atoms with Crippen LogP contribution in [-0.2, 0) is 33.7 Å². The molecule has 2 atom stereocenters. The molecule has 2 heterocycles. The molecule has 0 aliphatic carbocycles. The van der Waals surface area contributed by atoms with Gasteiger partial charge in [-0.25, -0.2) is 16.8 Å². The molecule has 0 spiro atoms. The van der Waals surface area contributed by atoms with Crippen LogP contribution in [0.3, 0.4) is 0 Å². The summed E-state index contributed by atoms with van der Waals surface area (Å²) in [5, 5.41) is 0. The van der Waals surface area contributed by atoms with Gasteiger partial charge in [0, 0.05) is 13.1 Å². The zero-order valence-corrected chi connectivity index (χ0v) is 53.0. The first kappa shape index (κ1) is 68.7. The number of unbranched alkanes of at least 4 members (excludes halogenated alkanes) is 32. The van der Waals surface area contributed by atoms with E-state index in [1.54, 1.807) is 24.3 Å². The summed E-state index contributed by atoms with van der Waals surface area (Å²) < 4.78 is 76.2. The second kappa shape index (κ2) is 40.4. The molecule has 2 aliphatic heterocycles. The van der Waals surface area contributed by atoms with E-state index in [0.29, 0.717) is 37.3 Å². The minimum absolute atomic E-state index is 0. The normalized spacial score (nSPS) is 15.0. The molecule has 13 heteroatoms. The van der Waals surface area contributed by atoms with Crippen molar-refractivity contribution in [1.29, 1.82) is 0 Å². The molecule has 0 fully saturated rings. The molecule has 2 unspecified atom stereocenters. The Morgan fingerprint density at radius 1 is 0.316 bits per heavy atom. The molecule has 0 amide bonds. The fourth-order valence-corrected chi connectivity index (χ4v) is 13.6. The average Bonchev–Trinajstić information content (AvgIpc) is 4.16. The van der Waals surface area contributed by atoms with Crippen molar-refractivity contribution in [3.8, 4) is 0 Å². The predicted molar refractivity (Wildman–Crippen MR) is 333 cm³/mol. The molecule has 79 heavy (non-hydrogen) atoms. The summed E-state index contributed by atoms with van der Waals surface area (Å²) in [6.07, 6.45) is 45.0. The van der Waals surface area contributed by atoms with E-state index in [4.69, 9.17) is 0 Å². The molecule has 4 aromatic carbocycles. The van der Waals surface area contributed by atoms with Gasteiger partial charge < -0.3 is 18.9 Å². The first-order chi connectivity index (χ1) is 38.0. The third kappa shape index (κ3) is 25.7. The van der Waals surface area contributed by atoms with Crippen LogP contribution in [0.25, 0.3) is 0 Å². The molecule has 0 saturated heterocycles. The van der Waals surface area contributed by atoms with E-state index in [1.165, 1.54) is 193 Å². The Kier molecular flexibility index (Phi) is 35.1. The molecule has 0 saturated carbocycles. The van der Waals surface area contributed by atoms with Crippen LogP contribution in [0.1, 0.15) is 256 Å². The van der Waals surface area contributed by atoms with Crippen LogP contribution in [0.5, 0.6) is 0 Å². The van der Waals surface area contributed by atoms with E-state index in [9.17, 15) is 25.9 Å². The molecular formula is C66H102CaN4O6S2. The van der Waals surface area contributed by atoms with Gasteiger partial charge in [0.05, 0.1) is 22.7 Å². The number of hydrogen-bond donors (Lipinski definition) is 0. The van der Waals surface area contributed by atoms with Gasteiger partial charge in [-0.2, -0.15) is 0 Å². The number of fused-ring (bicyclic) bond motifs is 2. The Balaban J connectivity index is 0.000000336. The summed E-state index contributed by atoms with van der Waals surface area (Å²) in [5.41, 5.74) is 4.84. The molecule has 10 nitrogen and oxygen atoms in total. The monoisotopic (exact) mass is 1150 g/mol. The van der Waals surface area contributed by atoms with Gasteiger partial charge in [-0.1, -0.05) is 304 Å². The van der Waals surface area contributed by atoms with Gasteiger partial charge in [-0.05, 0) is 61.1 Å². The summed E-state index contributed by atoms with van der Waals surface area (Å²) in [4.78, 5) is 4.18. The Hall–Kier alpha value is -2.84. The zero-order valence-electron chi connectivity index (χ0n) is 49.2. The van der Waals surface area contributed by atoms with Crippen LogP contribution in [0, 0.1) is 0 Å². The Morgan fingerprint density at radius 2 is 0.532 bits per heavy atom. The van der Waals surface area contributed by atoms with Gasteiger partial charge in [0.1, 0.15) is 12.3 Å². The first-order valence-electron chi connectivity index (χ1n) is 31.3. The maximum absolute atomic E-state index is 12.3. The van der Waals surface area contributed by atoms with Gasteiger partial charge in [0.15, 0.2) is 20.6 Å². The van der Waals surface area contributed by atoms with Crippen molar-refractivity contribution in [1.82, 2.24) is 0 Å². The fourth-order valence-electron chi connectivity index (χ4n) is 11.8. The van der Waals surface area contributed by atoms with Gasteiger partial charge >= 0.3 is 37.7 Å². The largest absolute Gasteiger partial charge is 2.00 e. The van der Waals surface area contributed by atoms with Crippen LogP contribution in [0.4, 0.5) is 22.7 Å². The molecule has 436 valence electrons. The quantitative estimate of drug-likeness (QED) is 0.0244. The van der Waals surface area contributed by atoms with Gasteiger partial charge in [0.2, 0.25) is 0 Å². The molecule has 0 aromatic heterocycles. The van der Waals surface area contributed by atoms with Crippen LogP contribution in [-0.4, -0.2) is 76.0 Å². The predicted octanol–water partition coefficient (Wildman–Crippen LogP) is 18.3. The first-order valence-corrected chi connectivity index (χ1v) is 34.1. The van der Waals surface area contributed by atoms with Crippen molar-refractivity contribution in [3.63, 3.8) is 0 Å². The number of benzene rings is 4. The molecule has 6 rings (SSSR count). The van der Waals surface area contributed by atoms with Crippen LogP contribution >= 0.6 is 0 Å². The van der Waals surface area contributed by atoms with Gasteiger partial charge in [0.25, 0.3) is 0 Å². The van der Waals surface area contributed by atoms with Crippen LogP contribution in [0.15, 0.2) is 109 Å². The summed E-state index contributed by atoms with van der Waals surface area (Å²) >= 11 is 0. The van der Waals surface area contributed by atoms with E-state index in [-0.39, 0.29) is 37.7 Å². The second-order valence-electron chi connectivity index (χ2n) is 22.6. The third-order valence-corrected chi connectivity index (χ3v) is 18.0. The average molecular weight is 1150 g/mol. The Bertz CT molecular complexity index is 2230. The SMILES string of the molecule is CCCCCCCCCCCCCCCCCCCC1N(Cc2ccccc2)c2ccccc2N1S(=O)(=O)[O-].CCCCCCCCCCCCCCCCCCCC1N(Cc2ccccc2)c2ccccc2N1S(=O)(=O)[O-].[Ca+2]. The van der Waals surface area contributed by atoms with Crippen LogP contribution in [0.2, 0.25) is 0 Å². The van der Waals surface area contributed by atoms with Crippen molar-refractivity contribution < 1.29 is 25.9 Å². The molecule has 0 radical (unpaired) electrons. The van der Waals surface area contributed by atoms with Crippen LogP contribution < -0.4 is 18.4 Å². The van der Waals surface area contributed by atoms with Crippen molar-refractivity contribution in [2.24, 2.45) is 0 Å². The second-order valence-corrected chi connectivity index (χ2v) is 25.1. The van der Waals surface area contributed by atoms with E-state index in [1.807, 2.05) is 84.9 Å². The fraction of sp³-hybridized carbons (Fsp3) is 0.636. The number of para-hydroxylation sites is 4. The summed E-state index contributed by atoms with van der Waals surface area (Å²) in [6.45, 7) is 5.70. The van der Waals surface area contributed by atoms with Crippen molar-refractivity contribution in [2.75, 3.05) is 18.4 Å². The molecule has 4 aromatic rings. The maximum atomic E-state index is 12.3. The number of hydrogen-bond acceptors (Lipinski definition) is 8. The molecule has 0 N–H and O–H groups in total. The van der Waals surface area contributed by atoms with Crippen molar-refractivity contribution in [2.45, 2.75) is 270 Å². The number of rotatable bonds is 42. The Morgan fingerprint density at radius 3 is 0.772 bits per heavy atom. The summed E-state index contributed by atoms with van der Waals surface area (Å²) in [6, 6.07) is 34.9. The van der Waals surface area contributed by atoms with Gasteiger partial charge in [-0.15, -0.1) is 0 Å². The van der Waals surface area contributed by atoms with E-state index in [0.717, 1.165) is 56.8 Å². The number of nitrogens with zero attached hydrogens (tertiary/aromatic N) is 4. The zero-order chi connectivity index (χ0) is 55.5. The maximum Gasteiger partial charge on any atom is 2.00 e. The van der Waals surface area contributed by atoms with Crippen molar-refractivity contribution >= 4 is 81.1 Å². The molecule has 2 aliphatic rings. The van der Waals surface area contributed by atoms with Crippen molar-refractivity contribution in [3.05, 3.63) is 120 Å². The summed E-state index contributed by atoms with van der Waals surface area (Å²) in [5.74, 6) is 0. The topological polar surface area (TPSA) is 127 Å². The van der Waals surface area contributed by atoms with Gasteiger partial charge in [-0.3, -0.25) is 8.61 Å². The van der Waals surface area contributed by atoms with E-state index >= 15 is 0 Å². The number of anilines is 4. The van der Waals surface area contributed by atoms with E-state index in [2.05, 4.69) is 23.6 Å². The standard InChI is InChI=1S/2C33H52N2O3S.Ca/c2*1-2-3-4-5-6-7-8-9-10-11-12-13-14-15-16-17-21-28-33-34(29-30-24-19-18-20-25-30)31-26-22-23-27-32(31)35(33)39(36,37)38;/h2*18-20,22-27,33H,2-17,21,28-29H2,1H3,(H,36,37,38);/q;;+2/p-2. The minimum Gasteiger partial charge on any atom is -0.731 e.